The van der Waals surface area contributed by atoms with E-state index in [2.05, 4.69) is 9.88 Å². The van der Waals surface area contributed by atoms with Gasteiger partial charge in [-0.15, -0.1) is 11.3 Å². The van der Waals surface area contributed by atoms with Crippen LogP contribution in [0, 0.1) is 6.92 Å². The summed E-state index contributed by atoms with van der Waals surface area (Å²) in [7, 11) is 0. The molecule has 0 aromatic carbocycles. The highest BCUT2D eigenvalue weighted by molar-refractivity contribution is 7.09. The van der Waals surface area contributed by atoms with E-state index in [0.29, 0.717) is 32.5 Å². The monoisotopic (exact) mass is 349 g/mol. The van der Waals surface area contributed by atoms with E-state index in [9.17, 15) is 9.90 Å². The lowest BCUT2D eigenvalue weighted by molar-refractivity contribution is -0.134. The first-order valence-electron chi connectivity index (χ1n) is 8.22. The predicted octanol–water partition coefficient (Wildman–Crippen LogP) is 1.68. The highest BCUT2D eigenvalue weighted by atomic mass is 32.1. The molecule has 3 heterocycles. The minimum atomic E-state index is 0.112. The van der Waals surface area contributed by atoms with Crippen LogP contribution in [0.15, 0.2) is 28.2 Å². The zero-order valence-corrected chi connectivity index (χ0v) is 14.7. The van der Waals surface area contributed by atoms with Gasteiger partial charge >= 0.3 is 0 Å². The first kappa shape index (κ1) is 17.1. The van der Waals surface area contributed by atoms with Crippen LogP contribution in [0.3, 0.4) is 0 Å². The second kappa shape index (κ2) is 7.92. The lowest BCUT2D eigenvalue weighted by atomic mass is 10.1. The average molecular weight is 349 g/mol. The number of carbonyl (C=O) groups is 1. The summed E-state index contributed by atoms with van der Waals surface area (Å²) < 4.78 is 5.43. The summed E-state index contributed by atoms with van der Waals surface area (Å²) in [5, 5.41) is 12.3. The maximum Gasteiger partial charge on any atom is 0.228 e. The molecule has 2 aromatic rings. The van der Waals surface area contributed by atoms with Crippen LogP contribution in [0.25, 0.3) is 0 Å². The van der Waals surface area contributed by atoms with Gasteiger partial charge in [-0.1, -0.05) is 0 Å². The van der Waals surface area contributed by atoms with Crippen molar-refractivity contribution < 1.29 is 14.3 Å². The van der Waals surface area contributed by atoms with Crippen molar-refractivity contribution in [1.29, 1.82) is 0 Å². The smallest absolute Gasteiger partial charge is 0.228 e. The number of hydrogen-bond donors (Lipinski definition) is 1. The van der Waals surface area contributed by atoms with Gasteiger partial charge in [-0.3, -0.25) is 9.69 Å². The normalized spacial score (nSPS) is 18.9. The van der Waals surface area contributed by atoms with Gasteiger partial charge in [0.15, 0.2) is 0 Å². The van der Waals surface area contributed by atoms with E-state index in [1.807, 2.05) is 29.3 Å². The summed E-state index contributed by atoms with van der Waals surface area (Å²) >= 11 is 1.57. The molecule has 0 unspecified atom stereocenters. The summed E-state index contributed by atoms with van der Waals surface area (Å²) in [4.78, 5) is 21.1. The Morgan fingerprint density at radius 3 is 3.04 bits per heavy atom. The van der Waals surface area contributed by atoms with E-state index < -0.39 is 0 Å². The number of aromatic nitrogens is 1. The Morgan fingerprint density at radius 1 is 1.50 bits per heavy atom. The largest absolute Gasteiger partial charge is 0.468 e. The molecule has 1 aliphatic heterocycles. The van der Waals surface area contributed by atoms with Crippen molar-refractivity contribution in [3.63, 3.8) is 0 Å². The first-order valence-corrected chi connectivity index (χ1v) is 9.09. The number of aliphatic hydroxyl groups is 1. The molecule has 1 fully saturated rings. The quantitative estimate of drug-likeness (QED) is 0.859. The van der Waals surface area contributed by atoms with Gasteiger partial charge < -0.3 is 14.4 Å². The van der Waals surface area contributed by atoms with Crippen LogP contribution in [-0.2, 0) is 17.8 Å². The number of carbonyl (C=O) groups excluding carboxylic acids is 1. The van der Waals surface area contributed by atoms with Crippen LogP contribution in [0.5, 0.6) is 0 Å². The number of nitrogens with zero attached hydrogens (tertiary/aromatic N) is 3. The van der Waals surface area contributed by atoms with Gasteiger partial charge in [0.1, 0.15) is 5.76 Å². The second-order valence-electron chi connectivity index (χ2n) is 6.09. The van der Waals surface area contributed by atoms with E-state index in [1.54, 1.807) is 17.6 Å². The fraction of sp³-hybridized carbons (Fsp3) is 0.529. The number of piperazine rings is 1. The molecule has 3 rings (SSSR count). The van der Waals surface area contributed by atoms with Crippen molar-refractivity contribution >= 4 is 17.2 Å². The Morgan fingerprint density at radius 2 is 2.38 bits per heavy atom. The lowest BCUT2D eigenvalue weighted by Gasteiger charge is -2.41. The highest BCUT2D eigenvalue weighted by Gasteiger charge is 2.29. The van der Waals surface area contributed by atoms with Gasteiger partial charge in [0.2, 0.25) is 5.91 Å². The van der Waals surface area contributed by atoms with E-state index >= 15 is 0 Å². The summed E-state index contributed by atoms with van der Waals surface area (Å²) in [5.41, 5.74) is 0.847. The molecule has 7 heteroatoms. The Bertz CT molecular complexity index is 656. The van der Waals surface area contributed by atoms with Crippen LogP contribution >= 0.6 is 11.3 Å². The maximum absolute atomic E-state index is 12.5. The van der Waals surface area contributed by atoms with Crippen molar-refractivity contribution in [2.24, 2.45) is 0 Å². The van der Waals surface area contributed by atoms with Crippen molar-refractivity contribution in [2.75, 3.05) is 26.2 Å². The van der Waals surface area contributed by atoms with Crippen molar-refractivity contribution in [1.82, 2.24) is 14.8 Å². The number of thiazole rings is 1. The maximum atomic E-state index is 12.5. The number of furan rings is 1. The number of aliphatic hydroxyl groups excluding tert-OH is 1. The molecule has 6 nitrogen and oxygen atoms in total. The molecule has 1 amide bonds. The molecular weight excluding hydrogens is 326 g/mol. The molecule has 130 valence electrons. The van der Waals surface area contributed by atoms with Crippen LogP contribution < -0.4 is 0 Å². The summed E-state index contributed by atoms with van der Waals surface area (Å²) in [6.45, 7) is 4.90. The number of hydrogen-bond acceptors (Lipinski definition) is 6. The molecule has 2 aromatic heterocycles. The molecule has 0 bridgehead atoms. The summed E-state index contributed by atoms with van der Waals surface area (Å²) in [6, 6.07) is 3.99. The van der Waals surface area contributed by atoms with Gasteiger partial charge in [0, 0.05) is 37.7 Å². The number of amides is 1. The standard InChI is InChI=1S/C17H23N3O3S/c1-13-18-14(12-24-13)9-17(22)20-6-5-19(15(10-20)4-7-21)11-16-3-2-8-23-16/h2-3,8,12,15,21H,4-7,9-11H2,1H3/t15-/m1/s1. The minimum absolute atomic E-state index is 0.112. The van der Waals surface area contributed by atoms with Gasteiger partial charge in [-0.05, 0) is 25.5 Å². The average Bonchev–Trinajstić information content (AvgIpc) is 3.21. The van der Waals surface area contributed by atoms with Crippen LogP contribution in [0.2, 0.25) is 0 Å². The van der Waals surface area contributed by atoms with E-state index in [0.717, 1.165) is 23.0 Å². The van der Waals surface area contributed by atoms with Crippen molar-refractivity contribution in [2.45, 2.75) is 32.4 Å². The zero-order valence-electron chi connectivity index (χ0n) is 13.9. The summed E-state index contributed by atoms with van der Waals surface area (Å²) in [6.07, 6.45) is 2.68. The van der Waals surface area contributed by atoms with Crippen LogP contribution in [-0.4, -0.2) is 58.1 Å². The molecule has 1 N–H and O–H groups in total. The molecule has 1 atom stereocenters. The Kier molecular flexibility index (Phi) is 5.65. The predicted molar refractivity (Wildman–Crippen MR) is 91.7 cm³/mol. The SMILES string of the molecule is Cc1nc(CC(=O)N2CCN(Cc3ccco3)[C@H](CCO)C2)cs1. The molecule has 0 radical (unpaired) electrons. The van der Waals surface area contributed by atoms with Crippen molar-refractivity contribution in [3.8, 4) is 0 Å². The third kappa shape index (κ3) is 4.23. The molecule has 0 saturated carbocycles. The molecular formula is C17H23N3O3S. The van der Waals surface area contributed by atoms with Crippen LogP contribution in [0.4, 0.5) is 0 Å². The molecule has 0 aliphatic carbocycles. The second-order valence-corrected chi connectivity index (χ2v) is 7.15. The van der Waals surface area contributed by atoms with Gasteiger partial charge in [-0.25, -0.2) is 4.98 Å². The Hall–Kier alpha value is -1.70. The number of aryl methyl sites for hydroxylation is 1. The minimum Gasteiger partial charge on any atom is -0.468 e. The Balaban J connectivity index is 1.60. The zero-order chi connectivity index (χ0) is 16.9. The molecule has 1 saturated heterocycles. The van der Waals surface area contributed by atoms with E-state index in [1.165, 1.54) is 0 Å². The van der Waals surface area contributed by atoms with Gasteiger partial charge in [-0.2, -0.15) is 0 Å². The molecule has 1 aliphatic rings. The summed E-state index contributed by atoms with van der Waals surface area (Å²) in [5.74, 6) is 1.02. The van der Waals surface area contributed by atoms with Crippen molar-refractivity contribution in [3.05, 3.63) is 40.2 Å². The van der Waals surface area contributed by atoms with E-state index in [-0.39, 0.29) is 18.6 Å². The third-order valence-corrected chi connectivity index (χ3v) is 5.18. The lowest BCUT2D eigenvalue weighted by Crippen LogP contribution is -2.54. The number of rotatable bonds is 6. The van der Waals surface area contributed by atoms with Gasteiger partial charge in [0.25, 0.3) is 0 Å². The molecule has 24 heavy (non-hydrogen) atoms. The molecule has 0 spiro atoms. The first-order chi connectivity index (χ1) is 11.7. The van der Waals surface area contributed by atoms with Crippen LogP contribution in [0.1, 0.15) is 22.9 Å². The topological polar surface area (TPSA) is 69.8 Å². The van der Waals surface area contributed by atoms with Gasteiger partial charge in [0.05, 0.1) is 29.9 Å². The Labute approximate surface area is 145 Å². The van der Waals surface area contributed by atoms with E-state index in [4.69, 9.17) is 4.42 Å². The highest BCUT2D eigenvalue weighted by Crippen LogP contribution is 2.18. The fourth-order valence-corrected chi connectivity index (χ4v) is 3.72. The fourth-order valence-electron chi connectivity index (χ4n) is 3.11. The third-order valence-electron chi connectivity index (χ3n) is 4.36.